The van der Waals surface area contributed by atoms with Crippen molar-refractivity contribution < 1.29 is 28.8 Å². The number of nitrogens with zero attached hydrogens (tertiary/aromatic N) is 1. The zero-order valence-corrected chi connectivity index (χ0v) is 20.2. The lowest BCUT2D eigenvalue weighted by Gasteiger charge is -2.16. The fourth-order valence-electron chi connectivity index (χ4n) is 3.38. The molecule has 1 aromatic rings. The third-order valence-corrected chi connectivity index (χ3v) is 5.23. The molecule has 0 aromatic heterocycles. The summed E-state index contributed by atoms with van der Waals surface area (Å²) < 4.78 is 21.2. The summed E-state index contributed by atoms with van der Waals surface area (Å²) in [5, 5.41) is 8.78. The van der Waals surface area contributed by atoms with Crippen LogP contribution in [0.15, 0.2) is 18.2 Å². The quantitative estimate of drug-likeness (QED) is 0.202. The summed E-state index contributed by atoms with van der Waals surface area (Å²) in [6.45, 7) is 2.94. The van der Waals surface area contributed by atoms with E-state index < -0.39 is 0 Å². The maximum atomic E-state index is 12.0. The average Bonchev–Trinajstić information content (AvgIpc) is 2.81. The van der Waals surface area contributed by atoms with Gasteiger partial charge in [-0.1, -0.05) is 25.7 Å². The van der Waals surface area contributed by atoms with Crippen LogP contribution in [0.2, 0.25) is 0 Å². The van der Waals surface area contributed by atoms with Gasteiger partial charge in [-0.05, 0) is 69.6 Å². The summed E-state index contributed by atoms with van der Waals surface area (Å²) in [5.41, 5.74) is 0.758. The van der Waals surface area contributed by atoms with Crippen molar-refractivity contribution in [1.29, 1.82) is 0 Å². The summed E-state index contributed by atoms with van der Waals surface area (Å²) in [4.78, 5) is 14.3. The Hall–Kier alpha value is -2.25. The lowest BCUT2D eigenvalue weighted by Crippen LogP contribution is -2.20. The highest BCUT2D eigenvalue weighted by Crippen LogP contribution is 2.38. The summed E-state index contributed by atoms with van der Waals surface area (Å²) in [6, 6.07) is 3.55. The molecule has 0 atom stereocenters. The van der Waals surface area contributed by atoms with Crippen LogP contribution in [0.25, 0.3) is 6.08 Å². The van der Waals surface area contributed by atoms with Gasteiger partial charge in [0.25, 0.3) is 0 Å². The van der Waals surface area contributed by atoms with Gasteiger partial charge < -0.3 is 29.0 Å². The second kappa shape index (κ2) is 17.3. The maximum Gasteiger partial charge on any atom is 0.330 e. The standard InChI is InChI=1S/C25H41NO6/c1-26(15-9-5-7-11-17-27)16-10-6-8-12-18-32-24(28)14-13-21-19-22(29-2)25(31-4)23(20-21)30-3/h13-14,19-20,27H,5-12,15-18H2,1-4H3/b14-13+. The molecule has 7 nitrogen and oxygen atoms in total. The molecule has 0 aliphatic rings. The van der Waals surface area contributed by atoms with Gasteiger partial charge in [0.1, 0.15) is 0 Å². The summed E-state index contributed by atoms with van der Waals surface area (Å²) in [6.07, 6.45) is 11.7. The van der Waals surface area contributed by atoms with E-state index in [0.717, 1.165) is 57.2 Å². The highest BCUT2D eigenvalue weighted by molar-refractivity contribution is 5.87. The number of aliphatic hydroxyl groups excluding tert-OH is 1. The van der Waals surface area contributed by atoms with E-state index >= 15 is 0 Å². The van der Waals surface area contributed by atoms with Gasteiger partial charge in [-0.3, -0.25) is 0 Å². The number of methoxy groups -OCH3 is 3. The van der Waals surface area contributed by atoms with Gasteiger partial charge in [-0.15, -0.1) is 0 Å². The normalized spacial score (nSPS) is 11.2. The fraction of sp³-hybridized carbons (Fsp3) is 0.640. The Kier molecular flexibility index (Phi) is 15.0. The Labute approximate surface area is 193 Å². The smallest absolute Gasteiger partial charge is 0.330 e. The molecule has 7 heteroatoms. The van der Waals surface area contributed by atoms with Crippen molar-refractivity contribution >= 4 is 12.0 Å². The van der Waals surface area contributed by atoms with Crippen molar-refractivity contribution in [2.75, 3.05) is 54.7 Å². The van der Waals surface area contributed by atoms with Crippen molar-refractivity contribution in [2.45, 2.75) is 51.4 Å². The van der Waals surface area contributed by atoms with Crippen LogP contribution in [0.1, 0.15) is 56.9 Å². The number of hydrogen-bond acceptors (Lipinski definition) is 7. The monoisotopic (exact) mass is 451 g/mol. The van der Waals surface area contributed by atoms with E-state index in [1.165, 1.54) is 18.9 Å². The van der Waals surface area contributed by atoms with Gasteiger partial charge in [0, 0.05) is 12.7 Å². The minimum atomic E-state index is -0.361. The molecule has 0 fully saturated rings. The van der Waals surface area contributed by atoms with E-state index in [-0.39, 0.29) is 5.97 Å². The van der Waals surface area contributed by atoms with Crippen LogP contribution in [0.5, 0.6) is 17.2 Å². The van der Waals surface area contributed by atoms with Crippen LogP contribution >= 0.6 is 0 Å². The summed E-state index contributed by atoms with van der Waals surface area (Å²) in [5.74, 6) is 1.22. The van der Waals surface area contributed by atoms with Crippen LogP contribution in [0.4, 0.5) is 0 Å². The Balaban J connectivity index is 2.21. The highest BCUT2D eigenvalue weighted by Gasteiger charge is 2.12. The SMILES string of the molecule is COc1cc(/C=C/C(=O)OCCCCCCN(C)CCCCCCO)cc(OC)c1OC. The van der Waals surface area contributed by atoms with Crippen LogP contribution in [-0.4, -0.2) is 70.7 Å². The van der Waals surface area contributed by atoms with E-state index in [0.29, 0.717) is 30.5 Å². The highest BCUT2D eigenvalue weighted by atomic mass is 16.5. The topological polar surface area (TPSA) is 77.5 Å². The molecule has 0 amide bonds. The first kappa shape index (κ1) is 27.8. The van der Waals surface area contributed by atoms with Crippen LogP contribution in [-0.2, 0) is 9.53 Å². The van der Waals surface area contributed by atoms with Crippen molar-refractivity contribution in [3.63, 3.8) is 0 Å². The fourth-order valence-corrected chi connectivity index (χ4v) is 3.38. The van der Waals surface area contributed by atoms with Crippen molar-refractivity contribution in [2.24, 2.45) is 0 Å². The lowest BCUT2D eigenvalue weighted by molar-refractivity contribution is -0.137. The second-order valence-corrected chi connectivity index (χ2v) is 7.81. The van der Waals surface area contributed by atoms with Gasteiger partial charge in [0.15, 0.2) is 11.5 Å². The van der Waals surface area contributed by atoms with Crippen molar-refractivity contribution in [3.8, 4) is 17.2 Å². The Morgan fingerprint density at radius 3 is 1.97 bits per heavy atom. The van der Waals surface area contributed by atoms with Crippen LogP contribution in [0, 0.1) is 0 Å². The number of hydrogen-bond donors (Lipinski definition) is 1. The van der Waals surface area contributed by atoms with Gasteiger partial charge in [-0.2, -0.15) is 0 Å². The molecule has 0 radical (unpaired) electrons. The number of esters is 1. The molecule has 1 aromatic carbocycles. The molecule has 0 aliphatic heterocycles. The first-order valence-electron chi connectivity index (χ1n) is 11.5. The van der Waals surface area contributed by atoms with Crippen molar-refractivity contribution in [3.05, 3.63) is 23.8 Å². The van der Waals surface area contributed by atoms with E-state index in [1.807, 2.05) is 0 Å². The molecule has 0 saturated carbocycles. The molecular weight excluding hydrogens is 410 g/mol. The largest absolute Gasteiger partial charge is 0.493 e. The molecular formula is C25H41NO6. The molecule has 1 N–H and O–H groups in total. The van der Waals surface area contributed by atoms with E-state index in [4.69, 9.17) is 24.1 Å². The molecule has 0 aliphatic carbocycles. The van der Waals surface area contributed by atoms with Gasteiger partial charge in [0.2, 0.25) is 5.75 Å². The van der Waals surface area contributed by atoms with Crippen LogP contribution < -0.4 is 14.2 Å². The maximum absolute atomic E-state index is 12.0. The molecule has 0 heterocycles. The third-order valence-electron chi connectivity index (χ3n) is 5.23. The molecule has 1 rings (SSSR count). The minimum Gasteiger partial charge on any atom is -0.493 e. The predicted molar refractivity (Wildman–Crippen MR) is 128 cm³/mol. The van der Waals surface area contributed by atoms with Gasteiger partial charge >= 0.3 is 5.97 Å². The van der Waals surface area contributed by atoms with Gasteiger partial charge in [0.05, 0.1) is 27.9 Å². The zero-order valence-electron chi connectivity index (χ0n) is 20.2. The first-order chi connectivity index (χ1) is 15.5. The number of carbonyl (C=O) groups is 1. The summed E-state index contributed by atoms with van der Waals surface area (Å²) in [7, 11) is 6.82. The summed E-state index contributed by atoms with van der Waals surface area (Å²) >= 11 is 0. The predicted octanol–water partition coefficient (Wildman–Crippen LogP) is 4.31. The van der Waals surface area contributed by atoms with E-state index in [9.17, 15) is 4.79 Å². The van der Waals surface area contributed by atoms with E-state index in [1.54, 1.807) is 39.5 Å². The van der Waals surface area contributed by atoms with E-state index in [2.05, 4.69) is 11.9 Å². The number of unbranched alkanes of at least 4 members (excludes halogenated alkanes) is 6. The lowest BCUT2D eigenvalue weighted by atomic mass is 10.1. The molecule has 0 spiro atoms. The molecule has 182 valence electrons. The number of rotatable bonds is 18. The van der Waals surface area contributed by atoms with Gasteiger partial charge in [-0.25, -0.2) is 4.79 Å². The second-order valence-electron chi connectivity index (χ2n) is 7.81. The van der Waals surface area contributed by atoms with Crippen LogP contribution in [0.3, 0.4) is 0 Å². The minimum absolute atomic E-state index is 0.300. The number of ether oxygens (including phenoxy) is 4. The number of benzene rings is 1. The first-order valence-corrected chi connectivity index (χ1v) is 11.5. The number of aliphatic hydroxyl groups is 1. The Bertz CT molecular complexity index is 651. The zero-order chi connectivity index (χ0) is 23.6. The Morgan fingerprint density at radius 1 is 0.875 bits per heavy atom. The van der Waals surface area contributed by atoms with Crippen molar-refractivity contribution in [1.82, 2.24) is 4.90 Å². The molecule has 0 bridgehead atoms. The average molecular weight is 452 g/mol. The Morgan fingerprint density at radius 2 is 1.44 bits per heavy atom. The molecule has 0 saturated heterocycles. The number of carbonyl (C=O) groups excluding carboxylic acids is 1. The third kappa shape index (κ3) is 11.4. The molecule has 0 unspecified atom stereocenters. The molecule has 32 heavy (non-hydrogen) atoms.